The number of nitrogens with zero attached hydrogens (tertiary/aromatic N) is 3. The minimum absolute atomic E-state index is 0.108. The fourth-order valence-electron chi connectivity index (χ4n) is 6.39. The number of aromatic nitrogens is 1. The molecule has 4 aromatic rings. The van der Waals surface area contributed by atoms with Crippen LogP contribution in [0.5, 0.6) is 11.8 Å². The highest BCUT2D eigenvalue weighted by Crippen LogP contribution is 2.42. The Balaban J connectivity index is 1.23. The summed E-state index contributed by atoms with van der Waals surface area (Å²) in [5, 5.41) is 0. The minimum Gasteiger partial charge on any atom is -0.473 e. The molecule has 0 unspecified atom stereocenters. The zero-order valence-corrected chi connectivity index (χ0v) is 26.7. The zero-order valence-electron chi connectivity index (χ0n) is 26.7. The first kappa shape index (κ1) is 30.5. The van der Waals surface area contributed by atoms with Crippen LogP contribution in [0.4, 0.5) is 10.5 Å². The number of likely N-dealkylation sites (tertiary alicyclic amines) is 1. The smallest absolute Gasteiger partial charge is 0.410 e. The number of hydrogen-bond acceptors (Lipinski definition) is 6. The molecule has 0 bridgehead atoms. The van der Waals surface area contributed by atoms with E-state index in [4.69, 9.17) is 19.2 Å². The molecule has 2 aliphatic heterocycles. The van der Waals surface area contributed by atoms with Gasteiger partial charge in [-0.1, -0.05) is 72.8 Å². The number of piperidine rings is 1. The standard InChI is InChI=1S/C38H43N3O4/c1-27-24-30(20-22-40(27)37(42)45-38(2,3)4)41-23-21-32-31(16-11-17-34(32)41)33-18-19-35(43-25-28-12-7-5-8-13-28)39-36(33)44-26-29-14-9-6-10-15-29/h5-19,27,30H,20-26H2,1-4H3/t27-,30+/m0/s1. The van der Waals surface area contributed by atoms with E-state index in [1.165, 1.54) is 11.3 Å². The third kappa shape index (κ3) is 7.25. The van der Waals surface area contributed by atoms with Crippen LogP contribution >= 0.6 is 0 Å². The molecular weight excluding hydrogens is 562 g/mol. The second-order valence-electron chi connectivity index (χ2n) is 13.0. The summed E-state index contributed by atoms with van der Waals surface area (Å²) in [4.78, 5) is 22.1. The van der Waals surface area contributed by atoms with E-state index in [0.29, 0.717) is 37.6 Å². The number of carbonyl (C=O) groups excluding carboxylic acids is 1. The van der Waals surface area contributed by atoms with Crippen molar-refractivity contribution in [2.75, 3.05) is 18.0 Å². The van der Waals surface area contributed by atoms with Gasteiger partial charge in [0.1, 0.15) is 18.8 Å². The molecule has 2 aliphatic rings. The maximum atomic E-state index is 12.8. The number of rotatable bonds is 8. The van der Waals surface area contributed by atoms with Gasteiger partial charge < -0.3 is 24.0 Å². The number of fused-ring (bicyclic) bond motifs is 1. The summed E-state index contributed by atoms with van der Waals surface area (Å²) < 4.78 is 18.2. The van der Waals surface area contributed by atoms with Crippen LogP contribution in [-0.2, 0) is 24.4 Å². The molecule has 234 valence electrons. The first-order chi connectivity index (χ1) is 21.7. The van der Waals surface area contributed by atoms with Gasteiger partial charge in [-0.15, -0.1) is 0 Å². The van der Waals surface area contributed by atoms with Crippen molar-refractivity contribution in [3.63, 3.8) is 0 Å². The lowest BCUT2D eigenvalue weighted by molar-refractivity contribution is 0.0104. The Morgan fingerprint density at radius 3 is 2.18 bits per heavy atom. The molecule has 0 saturated carbocycles. The average molecular weight is 606 g/mol. The molecule has 0 aliphatic carbocycles. The zero-order chi connectivity index (χ0) is 31.4. The van der Waals surface area contributed by atoms with Crippen LogP contribution in [0.3, 0.4) is 0 Å². The fraction of sp³-hybridized carbons (Fsp3) is 0.368. The van der Waals surface area contributed by atoms with Crippen LogP contribution in [0.1, 0.15) is 57.2 Å². The summed E-state index contributed by atoms with van der Waals surface area (Å²) in [5.41, 5.74) is 6.34. The van der Waals surface area contributed by atoms with Gasteiger partial charge in [0.15, 0.2) is 0 Å². The minimum atomic E-state index is -0.497. The molecule has 0 N–H and O–H groups in total. The highest BCUT2D eigenvalue weighted by molar-refractivity contribution is 5.79. The summed E-state index contributed by atoms with van der Waals surface area (Å²) in [6, 6.07) is 31.3. The van der Waals surface area contributed by atoms with E-state index in [2.05, 4.69) is 48.2 Å². The van der Waals surface area contributed by atoms with Crippen LogP contribution < -0.4 is 14.4 Å². The van der Waals surface area contributed by atoms with E-state index >= 15 is 0 Å². The Morgan fingerprint density at radius 1 is 0.822 bits per heavy atom. The van der Waals surface area contributed by atoms with Gasteiger partial charge in [-0.05, 0) is 81.3 Å². The van der Waals surface area contributed by atoms with E-state index in [0.717, 1.165) is 48.1 Å². The number of pyridine rings is 1. The lowest BCUT2D eigenvalue weighted by Crippen LogP contribution is -2.52. The second-order valence-corrected chi connectivity index (χ2v) is 13.0. The SMILES string of the molecule is C[C@H]1C[C@H](N2CCc3c(-c4ccc(OCc5ccccc5)nc4OCc4ccccc4)cccc32)CCN1C(=O)OC(C)(C)C. The number of carbonyl (C=O) groups is 1. The molecule has 7 heteroatoms. The van der Waals surface area contributed by atoms with Crippen molar-refractivity contribution in [3.05, 3.63) is 108 Å². The van der Waals surface area contributed by atoms with Crippen molar-refractivity contribution in [3.8, 4) is 22.9 Å². The molecule has 6 rings (SSSR count). The molecule has 7 nitrogen and oxygen atoms in total. The van der Waals surface area contributed by atoms with Gasteiger partial charge >= 0.3 is 6.09 Å². The monoisotopic (exact) mass is 605 g/mol. The van der Waals surface area contributed by atoms with Crippen LogP contribution in [0, 0.1) is 0 Å². The maximum Gasteiger partial charge on any atom is 0.410 e. The molecule has 45 heavy (non-hydrogen) atoms. The van der Waals surface area contributed by atoms with Crippen LogP contribution in [-0.4, -0.2) is 46.8 Å². The quantitative estimate of drug-likeness (QED) is 0.202. The van der Waals surface area contributed by atoms with Gasteiger partial charge in [-0.3, -0.25) is 0 Å². The Kier molecular flexibility index (Phi) is 8.97. The van der Waals surface area contributed by atoms with Crippen molar-refractivity contribution < 1.29 is 19.0 Å². The first-order valence-electron chi connectivity index (χ1n) is 16.0. The molecule has 0 radical (unpaired) electrons. The lowest BCUT2D eigenvalue weighted by Gasteiger charge is -2.42. The summed E-state index contributed by atoms with van der Waals surface area (Å²) >= 11 is 0. The van der Waals surface area contributed by atoms with Crippen molar-refractivity contribution in [2.24, 2.45) is 0 Å². The molecule has 1 amide bonds. The van der Waals surface area contributed by atoms with Gasteiger partial charge in [-0.2, -0.15) is 4.98 Å². The number of amides is 1. The van der Waals surface area contributed by atoms with Crippen molar-refractivity contribution >= 4 is 11.8 Å². The Morgan fingerprint density at radius 2 is 1.51 bits per heavy atom. The summed E-state index contributed by atoms with van der Waals surface area (Å²) in [7, 11) is 0. The third-order valence-electron chi connectivity index (χ3n) is 8.55. The summed E-state index contributed by atoms with van der Waals surface area (Å²) in [5.74, 6) is 1.10. The highest BCUT2D eigenvalue weighted by Gasteiger charge is 2.36. The van der Waals surface area contributed by atoms with Gasteiger partial charge in [0.25, 0.3) is 0 Å². The predicted molar refractivity (Wildman–Crippen MR) is 178 cm³/mol. The topological polar surface area (TPSA) is 64.1 Å². The molecule has 0 spiro atoms. The number of anilines is 1. The van der Waals surface area contributed by atoms with Crippen molar-refractivity contribution in [1.82, 2.24) is 9.88 Å². The first-order valence-corrected chi connectivity index (χ1v) is 16.0. The molecule has 1 fully saturated rings. The molecule has 3 aromatic carbocycles. The van der Waals surface area contributed by atoms with E-state index in [9.17, 15) is 4.79 Å². The third-order valence-corrected chi connectivity index (χ3v) is 8.55. The van der Waals surface area contributed by atoms with E-state index in [1.54, 1.807) is 0 Å². The van der Waals surface area contributed by atoms with Crippen LogP contribution in [0.25, 0.3) is 11.1 Å². The molecule has 2 atom stereocenters. The van der Waals surface area contributed by atoms with Crippen LogP contribution in [0.15, 0.2) is 91.0 Å². The summed E-state index contributed by atoms with van der Waals surface area (Å²) in [6.45, 7) is 10.4. The van der Waals surface area contributed by atoms with Gasteiger partial charge in [0.05, 0.1) is 0 Å². The van der Waals surface area contributed by atoms with E-state index in [-0.39, 0.29) is 12.1 Å². The highest BCUT2D eigenvalue weighted by atomic mass is 16.6. The van der Waals surface area contributed by atoms with E-state index in [1.807, 2.05) is 80.3 Å². The number of benzene rings is 3. The van der Waals surface area contributed by atoms with Gasteiger partial charge in [0, 0.05) is 42.5 Å². The van der Waals surface area contributed by atoms with Crippen molar-refractivity contribution in [1.29, 1.82) is 0 Å². The summed E-state index contributed by atoms with van der Waals surface area (Å²) in [6.07, 6.45) is 2.54. The average Bonchev–Trinajstić information content (AvgIpc) is 3.47. The van der Waals surface area contributed by atoms with Gasteiger partial charge in [0.2, 0.25) is 11.8 Å². The Hall–Kier alpha value is -4.52. The molecule has 1 saturated heterocycles. The normalized spacial score (nSPS) is 18.0. The predicted octanol–water partition coefficient (Wildman–Crippen LogP) is 8.06. The Labute approximate surface area is 266 Å². The second kappa shape index (κ2) is 13.2. The van der Waals surface area contributed by atoms with Crippen molar-refractivity contribution in [2.45, 2.75) is 77.9 Å². The lowest BCUT2D eigenvalue weighted by atomic mass is 9.96. The number of hydrogen-bond donors (Lipinski definition) is 0. The van der Waals surface area contributed by atoms with E-state index < -0.39 is 5.60 Å². The van der Waals surface area contributed by atoms with Crippen LogP contribution in [0.2, 0.25) is 0 Å². The fourth-order valence-corrected chi connectivity index (χ4v) is 6.39. The molecule has 1 aromatic heterocycles. The maximum absolute atomic E-state index is 12.8. The van der Waals surface area contributed by atoms with Gasteiger partial charge in [-0.25, -0.2) is 4.79 Å². The Bertz CT molecular complexity index is 1600. The molecular formula is C38H43N3O4. The largest absolute Gasteiger partial charge is 0.473 e. The molecule has 3 heterocycles. The number of ether oxygens (including phenoxy) is 3.